The lowest BCUT2D eigenvalue weighted by molar-refractivity contribution is -0.122. The molecular weight excluding hydrogens is 604 g/mol. The summed E-state index contributed by atoms with van der Waals surface area (Å²) in [5.41, 5.74) is 1.29. The Bertz CT molecular complexity index is 1890. The SMILES string of the molecule is NS(=O)(=O)c1ccc(NC(=O)Cn2c3c(sc2=O)[C@@H](c2ccccc2)[C@@H]2C(=O)N(c4ccc(F)cc4)C(=O)[C@@H]2S3)cc1. The van der Waals surface area contributed by atoms with Crippen LogP contribution in [0.4, 0.5) is 15.8 Å². The number of sulfonamides is 1. The third kappa shape index (κ3) is 4.96. The summed E-state index contributed by atoms with van der Waals surface area (Å²) in [5.74, 6) is -3.44. The van der Waals surface area contributed by atoms with E-state index in [4.69, 9.17) is 5.14 Å². The van der Waals surface area contributed by atoms with E-state index in [-0.39, 0.29) is 17.1 Å². The molecular formula is C28H21FN4O6S3. The van der Waals surface area contributed by atoms with Crippen molar-refractivity contribution in [3.05, 3.63) is 105 Å². The molecule has 1 fully saturated rings. The molecule has 2 aliphatic rings. The number of amides is 3. The first kappa shape index (κ1) is 28.0. The van der Waals surface area contributed by atoms with Gasteiger partial charge in [-0.2, -0.15) is 0 Å². The number of anilines is 2. The number of nitrogens with one attached hydrogen (secondary N) is 1. The van der Waals surface area contributed by atoms with Gasteiger partial charge < -0.3 is 5.32 Å². The third-order valence-electron chi connectivity index (χ3n) is 7.06. The van der Waals surface area contributed by atoms with Gasteiger partial charge in [-0.05, 0) is 54.1 Å². The maximum atomic E-state index is 13.8. The second kappa shape index (κ2) is 10.6. The fourth-order valence-corrected chi connectivity index (χ4v) is 8.48. The molecule has 0 spiro atoms. The molecule has 0 bridgehead atoms. The van der Waals surface area contributed by atoms with E-state index in [0.717, 1.165) is 33.6 Å². The minimum Gasteiger partial charge on any atom is -0.325 e. The van der Waals surface area contributed by atoms with E-state index in [1.54, 1.807) is 12.1 Å². The van der Waals surface area contributed by atoms with Crippen LogP contribution in [0, 0.1) is 11.7 Å². The van der Waals surface area contributed by atoms with Gasteiger partial charge in [0.2, 0.25) is 27.7 Å². The third-order valence-corrected chi connectivity index (χ3v) is 10.6. The Kier molecular flexibility index (Phi) is 7.09. The van der Waals surface area contributed by atoms with Gasteiger partial charge in [0.25, 0.3) is 0 Å². The number of fused-ring (bicyclic) bond motifs is 2. The predicted molar refractivity (Wildman–Crippen MR) is 155 cm³/mol. The lowest BCUT2D eigenvalue weighted by Crippen LogP contribution is -2.33. The Balaban J connectivity index is 1.35. The van der Waals surface area contributed by atoms with Crippen LogP contribution in [-0.2, 0) is 31.0 Å². The van der Waals surface area contributed by atoms with Gasteiger partial charge in [-0.1, -0.05) is 53.4 Å². The molecule has 4 aromatic rings. The Hall–Kier alpha value is -4.11. The van der Waals surface area contributed by atoms with Gasteiger partial charge >= 0.3 is 4.87 Å². The number of nitrogens with zero attached hydrogens (tertiary/aromatic N) is 2. The van der Waals surface area contributed by atoms with Crippen LogP contribution in [0.15, 0.2) is 93.6 Å². The summed E-state index contributed by atoms with van der Waals surface area (Å²) in [7, 11) is -3.90. The summed E-state index contributed by atoms with van der Waals surface area (Å²) in [5, 5.41) is 7.29. The number of benzene rings is 3. The van der Waals surface area contributed by atoms with E-state index in [2.05, 4.69) is 5.32 Å². The molecule has 2 aliphatic heterocycles. The zero-order chi connectivity index (χ0) is 29.8. The molecule has 0 radical (unpaired) electrons. The molecule has 10 nitrogen and oxygen atoms in total. The summed E-state index contributed by atoms with van der Waals surface area (Å²) < 4.78 is 37.9. The molecule has 14 heteroatoms. The standard InChI is InChI=1S/C28H21FN4O6S3/c29-16-6-10-18(11-7-16)33-25(35)22-21(15-4-2-1-3-5-15)24-27(40-23(22)26(33)36)32(28(37)41-24)14-20(34)31-17-8-12-19(13-9-17)42(30,38)39/h1-13,21-23H,14H2,(H,31,34)(H2,30,38,39)/t21-,22-,23+/m0/s1. The molecule has 1 aromatic heterocycles. The predicted octanol–water partition coefficient (Wildman–Crippen LogP) is 3.13. The second-order valence-electron chi connectivity index (χ2n) is 9.68. The van der Waals surface area contributed by atoms with Crippen LogP contribution < -0.4 is 20.2 Å². The van der Waals surface area contributed by atoms with Crippen molar-refractivity contribution in [3.63, 3.8) is 0 Å². The van der Waals surface area contributed by atoms with Crippen molar-refractivity contribution in [2.24, 2.45) is 11.1 Å². The van der Waals surface area contributed by atoms with Crippen LogP contribution in [0.25, 0.3) is 0 Å². The van der Waals surface area contributed by atoms with E-state index in [1.165, 1.54) is 53.1 Å². The van der Waals surface area contributed by atoms with Gasteiger partial charge in [0.15, 0.2) is 0 Å². The number of primary sulfonamides is 1. The summed E-state index contributed by atoms with van der Waals surface area (Å²) in [4.78, 5) is 54.8. The number of hydrogen-bond acceptors (Lipinski definition) is 8. The van der Waals surface area contributed by atoms with E-state index >= 15 is 0 Å². The van der Waals surface area contributed by atoms with Crippen LogP contribution in [0.1, 0.15) is 16.4 Å². The number of carbonyl (C=O) groups excluding carboxylic acids is 3. The molecule has 42 heavy (non-hydrogen) atoms. The van der Waals surface area contributed by atoms with Crippen molar-refractivity contribution in [2.75, 3.05) is 10.2 Å². The van der Waals surface area contributed by atoms with Gasteiger partial charge in [-0.25, -0.2) is 22.8 Å². The Labute approximate surface area is 247 Å². The Morgan fingerprint density at radius 2 is 1.60 bits per heavy atom. The number of halogens is 1. The Morgan fingerprint density at radius 1 is 0.929 bits per heavy atom. The lowest BCUT2D eigenvalue weighted by atomic mass is 9.83. The molecule has 3 heterocycles. The van der Waals surface area contributed by atoms with Gasteiger partial charge in [-0.3, -0.25) is 23.7 Å². The molecule has 214 valence electrons. The zero-order valence-corrected chi connectivity index (χ0v) is 23.9. The smallest absolute Gasteiger partial charge is 0.308 e. The van der Waals surface area contributed by atoms with Crippen molar-refractivity contribution in [2.45, 2.75) is 27.6 Å². The van der Waals surface area contributed by atoms with Crippen molar-refractivity contribution in [1.82, 2.24) is 4.57 Å². The average molecular weight is 625 g/mol. The molecule has 0 saturated carbocycles. The van der Waals surface area contributed by atoms with Gasteiger partial charge in [-0.15, -0.1) is 0 Å². The molecule has 3 amide bonds. The summed E-state index contributed by atoms with van der Waals surface area (Å²) in [6, 6.07) is 19.4. The fraction of sp³-hybridized carbons (Fsp3) is 0.143. The van der Waals surface area contributed by atoms with Crippen molar-refractivity contribution in [3.8, 4) is 0 Å². The van der Waals surface area contributed by atoms with Crippen molar-refractivity contribution < 1.29 is 27.2 Å². The summed E-state index contributed by atoms with van der Waals surface area (Å²) in [6.45, 7) is -0.378. The number of thiazole rings is 1. The molecule has 3 aromatic carbocycles. The molecule has 6 rings (SSSR count). The lowest BCUT2D eigenvalue weighted by Gasteiger charge is -2.30. The minimum atomic E-state index is -3.90. The number of aromatic nitrogens is 1. The second-order valence-corrected chi connectivity index (χ2v) is 13.4. The first-order chi connectivity index (χ1) is 20.0. The number of nitrogens with two attached hydrogens (primary N) is 1. The highest BCUT2D eigenvalue weighted by molar-refractivity contribution is 8.00. The topological polar surface area (TPSA) is 149 Å². The van der Waals surface area contributed by atoms with E-state index in [0.29, 0.717) is 15.6 Å². The normalized spacial score (nSPS) is 19.9. The fourth-order valence-electron chi connectivity index (χ4n) is 5.19. The van der Waals surface area contributed by atoms with Gasteiger partial charge in [0.1, 0.15) is 17.6 Å². The number of rotatable bonds is 6. The molecule has 0 aliphatic carbocycles. The molecule has 3 atom stereocenters. The Morgan fingerprint density at radius 3 is 2.24 bits per heavy atom. The number of hydrogen-bond donors (Lipinski definition) is 2. The van der Waals surface area contributed by atoms with E-state index < -0.39 is 55.5 Å². The number of thioether (sulfide) groups is 1. The minimum absolute atomic E-state index is 0.119. The van der Waals surface area contributed by atoms with Crippen molar-refractivity contribution in [1.29, 1.82) is 0 Å². The zero-order valence-electron chi connectivity index (χ0n) is 21.5. The average Bonchev–Trinajstić information content (AvgIpc) is 3.40. The molecule has 0 unspecified atom stereocenters. The highest BCUT2D eigenvalue weighted by Crippen LogP contribution is 2.53. The number of imide groups is 1. The van der Waals surface area contributed by atoms with Gasteiger partial charge in [0, 0.05) is 16.5 Å². The maximum Gasteiger partial charge on any atom is 0.308 e. The van der Waals surface area contributed by atoms with Crippen molar-refractivity contribution >= 4 is 62.2 Å². The van der Waals surface area contributed by atoms with Crippen LogP contribution in [0.5, 0.6) is 0 Å². The number of carbonyl (C=O) groups is 3. The van der Waals surface area contributed by atoms with Crippen LogP contribution in [0.3, 0.4) is 0 Å². The summed E-state index contributed by atoms with van der Waals surface area (Å²) >= 11 is 1.98. The molecule has 3 N–H and O–H groups in total. The highest BCUT2D eigenvalue weighted by atomic mass is 32.2. The van der Waals surface area contributed by atoms with E-state index in [1.807, 2.05) is 18.2 Å². The maximum absolute atomic E-state index is 13.8. The van der Waals surface area contributed by atoms with Gasteiger partial charge in [0.05, 0.1) is 21.5 Å². The monoisotopic (exact) mass is 624 g/mol. The quantitative estimate of drug-likeness (QED) is 0.313. The largest absolute Gasteiger partial charge is 0.325 e. The van der Waals surface area contributed by atoms with Crippen LogP contribution in [0.2, 0.25) is 0 Å². The summed E-state index contributed by atoms with van der Waals surface area (Å²) in [6.07, 6.45) is 0. The van der Waals surface area contributed by atoms with Crippen LogP contribution >= 0.6 is 23.1 Å². The molecule has 1 saturated heterocycles. The van der Waals surface area contributed by atoms with E-state index in [9.17, 15) is 32.0 Å². The highest BCUT2D eigenvalue weighted by Gasteiger charge is 2.56. The first-order valence-electron chi connectivity index (χ1n) is 12.5. The first-order valence-corrected chi connectivity index (χ1v) is 15.8. The van der Waals surface area contributed by atoms with Crippen LogP contribution in [-0.4, -0.2) is 36.0 Å².